The molecule has 6 nitrogen and oxygen atoms in total. The molecule has 0 bridgehead atoms. The van der Waals surface area contributed by atoms with Gasteiger partial charge in [0.1, 0.15) is 5.69 Å². The number of nitrogens with one attached hydrogen (secondary N) is 1. The highest BCUT2D eigenvalue weighted by atomic mass is 79.9. The Morgan fingerprint density at radius 3 is 2.62 bits per heavy atom. The predicted octanol–water partition coefficient (Wildman–Crippen LogP) is 4.11. The smallest absolute Gasteiger partial charge is 0.338 e. The van der Waals surface area contributed by atoms with Crippen LogP contribution >= 0.6 is 15.9 Å². The molecule has 0 unspecified atom stereocenters. The lowest BCUT2D eigenvalue weighted by Gasteiger charge is -2.11. The molecule has 0 amide bonds. The number of nitro benzene ring substituents is 1. The molecule has 0 spiro atoms. The Labute approximate surface area is 128 Å². The summed E-state index contributed by atoms with van der Waals surface area (Å²) in [4.78, 5) is 21.7. The molecule has 2 rings (SSSR count). The van der Waals surface area contributed by atoms with Gasteiger partial charge in [-0.25, -0.2) is 4.79 Å². The Bertz CT molecular complexity index is 699. The normalized spacial score (nSPS) is 10.2. The largest absolute Gasteiger partial charge is 0.478 e. The third-order valence-corrected chi connectivity index (χ3v) is 3.79. The van der Waals surface area contributed by atoms with Crippen molar-refractivity contribution in [2.24, 2.45) is 0 Å². The van der Waals surface area contributed by atoms with Gasteiger partial charge in [-0.1, -0.05) is 22.0 Å². The molecule has 0 saturated heterocycles. The minimum atomic E-state index is -1.23. The number of anilines is 2. The Balaban J connectivity index is 2.53. The van der Waals surface area contributed by atoms with E-state index in [0.29, 0.717) is 5.69 Å². The van der Waals surface area contributed by atoms with Crippen molar-refractivity contribution in [1.29, 1.82) is 0 Å². The number of nitro groups is 1. The summed E-state index contributed by atoms with van der Waals surface area (Å²) in [7, 11) is 0. The highest BCUT2D eigenvalue weighted by Gasteiger charge is 2.21. The summed E-state index contributed by atoms with van der Waals surface area (Å²) >= 11 is 3.36. The average molecular weight is 351 g/mol. The number of aryl methyl sites for hydroxylation is 1. The minimum Gasteiger partial charge on any atom is -0.478 e. The van der Waals surface area contributed by atoms with Crippen LogP contribution < -0.4 is 5.32 Å². The zero-order valence-corrected chi connectivity index (χ0v) is 12.5. The maximum atomic E-state index is 11.2. The number of halogens is 1. The lowest BCUT2D eigenvalue weighted by atomic mass is 10.1. The van der Waals surface area contributed by atoms with E-state index in [0.717, 1.165) is 10.0 Å². The molecule has 7 heteroatoms. The molecule has 0 aliphatic rings. The number of aromatic carboxylic acids is 1. The van der Waals surface area contributed by atoms with Crippen molar-refractivity contribution in [2.75, 3.05) is 5.32 Å². The zero-order valence-electron chi connectivity index (χ0n) is 11.0. The second-order valence-electron chi connectivity index (χ2n) is 4.35. The number of hydrogen-bond donors (Lipinski definition) is 2. The van der Waals surface area contributed by atoms with Crippen LogP contribution in [0.1, 0.15) is 15.9 Å². The van der Waals surface area contributed by atoms with E-state index in [9.17, 15) is 20.0 Å². The van der Waals surface area contributed by atoms with Crippen LogP contribution in [-0.4, -0.2) is 16.0 Å². The maximum absolute atomic E-state index is 11.2. The molecule has 2 aromatic rings. The molecule has 0 aromatic heterocycles. The Kier molecular flexibility index (Phi) is 4.23. The Morgan fingerprint density at radius 2 is 2.05 bits per heavy atom. The van der Waals surface area contributed by atoms with Crippen molar-refractivity contribution < 1.29 is 14.8 Å². The summed E-state index contributed by atoms with van der Waals surface area (Å²) in [6, 6.07) is 9.20. The molecular weight excluding hydrogens is 340 g/mol. The van der Waals surface area contributed by atoms with Gasteiger partial charge in [0.2, 0.25) is 0 Å². The van der Waals surface area contributed by atoms with Crippen LogP contribution in [0.4, 0.5) is 17.1 Å². The van der Waals surface area contributed by atoms with E-state index < -0.39 is 10.9 Å². The number of nitrogens with zero attached hydrogens (tertiary/aromatic N) is 1. The lowest BCUT2D eigenvalue weighted by molar-refractivity contribution is -0.383. The number of carbonyl (C=O) groups is 1. The van der Waals surface area contributed by atoms with Gasteiger partial charge in [-0.15, -0.1) is 0 Å². The van der Waals surface area contributed by atoms with Crippen LogP contribution in [-0.2, 0) is 0 Å². The Hall–Kier alpha value is -2.41. The number of benzene rings is 2. The molecule has 108 valence electrons. The van der Waals surface area contributed by atoms with Gasteiger partial charge in [0.25, 0.3) is 5.69 Å². The average Bonchev–Trinajstić information content (AvgIpc) is 2.42. The van der Waals surface area contributed by atoms with E-state index >= 15 is 0 Å². The molecule has 0 radical (unpaired) electrons. The standard InChI is InChI=1S/C14H11BrN2O4/c1-8-7-9(5-6-11(8)15)16-13-10(14(18)19)3-2-4-12(13)17(20)21/h2-7,16H,1H3,(H,18,19). The fourth-order valence-corrected chi connectivity index (χ4v) is 2.12. The number of para-hydroxylation sites is 1. The number of carboxylic acid groups (broad SMARTS) is 1. The first-order valence-electron chi connectivity index (χ1n) is 5.94. The lowest BCUT2D eigenvalue weighted by Crippen LogP contribution is -2.06. The van der Waals surface area contributed by atoms with Crippen LogP contribution in [0, 0.1) is 17.0 Å². The van der Waals surface area contributed by atoms with Gasteiger partial charge in [-0.2, -0.15) is 0 Å². The van der Waals surface area contributed by atoms with Gasteiger partial charge in [-0.3, -0.25) is 10.1 Å². The van der Waals surface area contributed by atoms with Gasteiger partial charge in [0.05, 0.1) is 10.5 Å². The molecule has 0 heterocycles. The fourth-order valence-electron chi connectivity index (χ4n) is 1.87. The van der Waals surface area contributed by atoms with E-state index in [1.807, 2.05) is 6.92 Å². The molecule has 0 aliphatic carbocycles. The minimum absolute atomic E-state index is 0.0308. The quantitative estimate of drug-likeness (QED) is 0.639. The van der Waals surface area contributed by atoms with Crippen LogP contribution in [0.2, 0.25) is 0 Å². The van der Waals surface area contributed by atoms with E-state index in [1.54, 1.807) is 18.2 Å². The van der Waals surface area contributed by atoms with E-state index in [1.165, 1.54) is 18.2 Å². The second kappa shape index (κ2) is 5.92. The summed E-state index contributed by atoms with van der Waals surface area (Å²) in [5.41, 5.74) is 1.04. The van der Waals surface area contributed by atoms with Gasteiger partial charge in [0, 0.05) is 16.2 Å². The summed E-state index contributed by atoms with van der Waals surface area (Å²) in [5, 5.41) is 23.1. The van der Waals surface area contributed by atoms with E-state index in [2.05, 4.69) is 21.2 Å². The molecule has 0 fully saturated rings. The highest BCUT2D eigenvalue weighted by Crippen LogP contribution is 2.32. The van der Waals surface area contributed by atoms with Crippen LogP contribution in [0.5, 0.6) is 0 Å². The van der Waals surface area contributed by atoms with Crippen molar-refractivity contribution in [3.63, 3.8) is 0 Å². The highest BCUT2D eigenvalue weighted by molar-refractivity contribution is 9.10. The van der Waals surface area contributed by atoms with Gasteiger partial charge in [-0.05, 0) is 36.8 Å². The topological polar surface area (TPSA) is 92.5 Å². The summed E-state index contributed by atoms with van der Waals surface area (Å²) in [5.74, 6) is -1.23. The van der Waals surface area contributed by atoms with Crippen LogP contribution in [0.15, 0.2) is 40.9 Å². The van der Waals surface area contributed by atoms with Gasteiger partial charge in [0.15, 0.2) is 0 Å². The van der Waals surface area contributed by atoms with Crippen molar-refractivity contribution in [3.8, 4) is 0 Å². The SMILES string of the molecule is Cc1cc(Nc2c(C(=O)O)cccc2[N+](=O)[O-])ccc1Br. The molecule has 0 aliphatic heterocycles. The molecule has 21 heavy (non-hydrogen) atoms. The first-order chi connectivity index (χ1) is 9.90. The molecular formula is C14H11BrN2O4. The van der Waals surface area contributed by atoms with Crippen molar-refractivity contribution in [1.82, 2.24) is 0 Å². The second-order valence-corrected chi connectivity index (χ2v) is 5.21. The zero-order chi connectivity index (χ0) is 15.6. The summed E-state index contributed by atoms with van der Waals surface area (Å²) in [6.45, 7) is 1.87. The van der Waals surface area contributed by atoms with Gasteiger partial charge >= 0.3 is 5.97 Å². The van der Waals surface area contributed by atoms with E-state index in [-0.39, 0.29) is 16.9 Å². The number of rotatable bonds is 4. The first-order valence-corrected chi connectivity index (χ1v) is 6.73. The molecule has 2 N–H and O–H groups in total. The van der Waals surface area contributed by atoms with E-state index in [4.69, 9.17) is 0 Å². The van der Waals surface area contributed by atoms with Crippen molar-refractivity contribution in [2.45, 2.75) is 6.92 Å². The fraction of sp³-hybridized carbons (Fsp3) is 0.0714. The third-order valence-electron chi connectivity index (χ3n) is 2.90. The maximum Gasteiger partial charge on any atom is 0.338 e. The number of hydrogen-bond acceptors (Lipinski definition) is 4. The van der Waals surface area contributed by atoms with Crippen molar-refractivity contribution >= 4 is 39.0 Å². The summed E-state index contributed by atoms with van der Waals surface area (Å²) in [6.07, 6.45) is 0. The van der Waals surface area contributed by atoms with Crippen molar-refractivity contribution in [3.05, 3.63) is 62.1 Å². The molecule has 2 aromatic carbocycles. The number of carboxylic acids is 1. The summed E-state index contributed by atoms with van der Waals surface area (Å²) < 4.78 is 0.897. The van der Waals surface area contributed by atoms with Crippen LogP contribution in [0.25, 0.3) is 0 Å². The van der Waals surface area contributed by atoms with Crippen LogP contribution in [0.3, 0.4) is 0 Å². The monoisotopic (exact) mass is 350 g/mol. The molecule has 0 atom stereocenters. The Morgan fingerprint density at radius 1 is 1.33 bits per heavy atom. The first kappa shape index (κ1) is 15.0. The molecule has 0 saturated carbocycles. The predicted molar refractivity (Wildman–Crippen MR) is 82.2 cm³/mol. The third kappa shape index (κ3) is 3.19. The van der Waals surface area contributed by atoms with Gasteiger partial charge < -0.3 is 10.4 Å².